The van der Waals surface area contributed by atoms with E-state index in [1.54, 1.807) is 0 Å². The molecule has 3 rings (SSSR count). The fourth-order valence-corrected chi connectivity index (χ4v) is 2.63. The fraction of sp³-hybridized carbons (Fsp3) is 0.538. The number of aryl methyl sites for hydroxylation is 1. The molecule has 0 radical (unpaired) electrons. The number of hydrogen-bond acceptors (Lipinski definition) is 3. The van der Waals surface area contributed by atoms with Crippen LogP contribution in [0.5, 0.6) is 0 Å². The molecule has 0 spiro atoms. The topological polar surface area (TPSA) is 42.7 Å². The van der Waals surface area contributed by atoms with Crippen LogP contribution in [0, 0.1) is 12.8 Å². The Labute approximate surface area is 101 Å². The van der Waals surface area contributed by atoms with Gasteiger partial charge in [0.25, 0.3) is 0 Å². The van der Waals surface area contributed by atoms with Gasteiger partial charge in [-0.25, -0.2) is 9.97 Å². The molecule has 0 saturated carbocycles. The lowest BCUT2D eigenvalue weighted by Gasteiger charge is -2.23. The van der Waals surface area contributed by atoms with E-state index in [-0.39, 0.29) is 0 Å². The number of hydrogen-bond donors (Lipinski definition) is 1. The second-order valence-electron chi connectivity index (χ2n) is 4.83. The highest BCUT2D eigenvalue weighted by molar-refractivity contribution is 5.70. The van der Waals surface area contributed by atoms with E-state index in [1.807, 2.05) is 18.3 Å². The van der Waals surface area contributed by atoms with Gasteiger partial charge in [0.2, 0.25) is 0 Å². The molecule has 1 atom stereocenters. The normalized spacial score (nSPS) is 20.9. The Morgan fingerprint density at radius 2 is 2.47 bits per heavy atom. The van der Waals surface area contributed by atoms with Gasteiger partial charge < -0.3 is 9.88 Å². The number of pyridine rings is 1. The summed E-state index contributed by atoms with van der Waals surface area (Å²) in [4.78, 5) is 9.01. The zero-order valence-electron chi connectivity index (χ0n) is 10.2. The van der Waals surface area contributed by atoms with Crippen molar-refractivity contribution in [2.45, 2.75) is 26.3 Å². The average molecular weight is 230 g/mol. The van der Waals surface area contributed by atoms with Crippen LogP contribution >= 0.6 is 0 Å². The first-order chi connectivity index (χ1) is 8.34. The molecule has 17 heavy (non-hydrogen) atoms. The molecule has 1 fully saturated rings. The minimum atomic E-state index is 0.710. The van der Waals surface area contributed by atoms with Gasteiger partial charge in [-0.15, -0.1) is 0 Å². The van der Waals surface area contributed by atoms with Crippen LogP contribution in [0.2, 0.25) is 0 Å². The number of nitrogens with one attached hydrogen (secondary N) is 1. The summed E-state index contributed by atoms with van der Waals surface area (Å²) in [5, 5.41) is 3.46. The van der Waals surface area contributed by atoms with Gasteiger partial charge in [0, 0.05) is 12.7 Å². The van der Waals surface area contributed by atoms with Crippen molar-refractivity contribution >= 4 is 11.2 Å². The summed E-state index contributed by atoms with van der Waals surface area (Å²) >= 11 is 0. The summed E-state index contributed by atoms with van der Waals surface area (Å²) in [5.41, 5.74) is 2.03. The molecule has 1 aliphatic rings. The predicted octanol–water partition coefficient (Wildman–Crippen LogP) is 1.74. The molecule has 1 aliphatic heterocycles. The Kier molecular flexibility index (Phi) is 2.81. The lowest BCUT2D eigenvalue weighted by atomic mass is 10.00. The number of aromatic nitrogens is 3. The highest BCUT2D eigenvalue weighted by Crippen LogP contribution is 2.18. The number of nitrogens with zero attached hydrogens (tertiary/aromatic N) is 3. The molecule has 3 heterocycles. The first-order valence-corrected chi connectivity index (χ1v) is 6.33. The standard InChI is InChI=1S/C13H18N4/c1-10-16-12-5-3-7-15-13(12)17(10)9-11-4-2-6-14-8-11/h3,5,7,11,14H,2,4,6,8-9H2,1H3/t11-/m0/s1. The summed E-state index contributed by atoms with van der Waals surface area (Å²) in [5.74, 6) is 1.78. The predicted molar refractivity (Wildman–Crippen MR) is 67.9 cm³/mol. The van der Waals surface area contributed by atoms with Crippen molar-refractivity contribution in [3.63, 3.8) is 0 Å². The molecule has 2 aromatic rings. The molecule has 1 saturated heterocycles. The highest BCUT2D eigenvalue weighted by Gasteiger charge is 2.16. The minimum absolute atomic E-state index is 0.710. The smallest absolute Gasteiger partial charge is 0.159 e. The van der Waals surface area contributed by atoms with Crippen LogP contribution < -0.4 is 5.32 Å². The van der Waals surface area contributed by atoms with Gasteiger partial charge in [-0.3, -0.25) is 0 Å². The quantitative estimate of drug-likeness (QED) is 0.854. The third-order valence-electron chi connectivity index (χ3n) is 3.53. The SMILES string of the molecule is Cc1nc2cccnc2n1C[C@H]1CCCNC1. The van der Waals surface area contributed by atoms with Crippen LogP contribution in [0.25, 0.3) is 11.2 Å². The van der Waals surface area contributed by atoms with E-state index < -0.39 is 0 Å². The Morgan fingerprint density at radius 3 is 3.29 bits per heavy atom. The first-order valence-electron chi connectivity index (χ1n) is 6.33. The summed E-state index contributed by atoms with van der Waals surface area (Å²) in [7, 11) is 0. The molecule has 4 heteroatoms. The number of piperidine rings is 1. The van der Waals surface area contributed by atoms with Crippen LogP contribution in [-0.4, -0.2) is 27.6 Å². The van der Waals surface area contributed by atoms with Gasteiger partial charge in [0.1, 0.15) is 11.3 Å². The van der Waals surface area contributed by atoms with E-state index in [1.165, 1.54) is 19.4 Å². The van der Waals surface area contributed by atoms with Crippen LogP contribution in [0.15, 0.2) is 18.3 Å². The maximum atomic E-state index is 4.56. The van der Waals surface area contributed by atoms with E-state index in [2.05, 4.69) is 26.8 Å². The Morgan fingerprint density at radius 1 is 1.53 bits per heavy atom. The van der Waals surface area contributed by atoms with Gasteiger partial charge in [-0.05, 0) is 50.9 Å². The molecule has 0 amide bonds. The van der Waals surface area contributed by atoms with Crippen molar-refractivity contribution in [1.29, 1.82) is 0 Å². The number of imidazole rings is 1. The molecule has 0 aromatic carbocycles. The van der Waals surface area contributed by atoms with Crippen molar-refractivity contribution in [1.82, 2.24) is 19.9 Å². The van der Waals surface area contributed by atoms with E-state index in [0.29, 0.717) is 5.92 Å². The van der Waals surface area contributed by atoms with Crippen LogP contribution in [0.4, 0.5) is 0 Å². The molecule has 4 nitrogen and oxygen atoms in total. The maximum Gasteiger partial charge on any atom is 0.159 e. The summed E-state index contributed by atoms with van der Waals surface area (Å²) in [6.45, 7) is 5.38. The molecular formula is C13H18N4. The fourth-order valence-electron chi connectivity index (χ4n) is 2.63. The number of rotatable bonds is 2. The van der Waals surface area contributed by atoms with E-state index in [4.69, 9.17) is 0 Å². The number of fused-ring (bicyclic) bond motifs is 1. The van der Waals surface area contributed by atoms with E-state index in [0.717, 1.165) is 30.1 Å². The van der Waals surface area contributed by atoms with Crippen LogP contribution in [0.3, 0.4) is 0 Å². The summed E-state index contributed by atoms with van der Waals surface area (Å²) < 4.78 is 2.26. The minimum Gasteiger partial charge on any atom is -0.316 e. The molecule has 1 N–H and O–H groups in total. The molecule has 90 valence electrons. The van der Waals surface area contributed by atoms with Crippen molar-refractivity contribution in [2.75, 3.05) is 13.1 Å². The lowest BCUT2D eigenvalue weighted by Crippen LogP contribution is -2.32. The maximum absolute atomic E-state index is 4.56. The van der Waals surface area contributed by atoms with Crippen molar-refractivity contribution in [3.8, 4) is 0 Å². The molecule has 2 aromatic heterocycles. The monoisotopic (exact) mass is 230 g/mol. The third kappa shape index (κ3) is 2.05. The van der Waals surface area contributed by atoms with Gasteiger partial charge in [0.15, 0.2) is 5.65 Å². The van der Waals surface area contributed by atoms with Gasteiger partial charge >= 0.3 is 0 Å². The van der Waals surface area contributed by atoms with Crippen LogP contribution in [0.1, 0.15) is 18.7 Å². The average Bonchev–Trinajstić information content (AvgIpc) is 2.68. The first kappa shape index (κ1) is 10.7. The second-order valence-corrected chi connectivity index (χ2v) is 4.83. The van der Waals surface area contributed by atoms with E-state index >= 15 is 0 Å². The largest absolute Gasteiger partial charge is 0.316 e. The Hall–Kier alpha value is -1.42. The van der Waals surface area contributed by atoms with Gasteiger partial charge in [-0.1, -0.05) is 0 Å². The van der Waals surface area contributed by atoms with Gasteiger partial charge in [-0.2, -0.15) is 0 Å². The third-order valence-corrected chi connectivity index (χ3v) is 3.53. The Balaban J connectivity index is 1.90. The molecule has 0 bridgehead atoms. The highest BCUT2D eigenvalue weighted by atomic mass is 15.1. The molecule has 0 aliphatic carbocycles. The summed E-state index contributed by atoms with van der Waals surface area (Å²) in [6, 6.07) is 3.98. The lowest BCUT2D eigenvalue weighted by molar-refractivity contribution is 0.337. The zero-order chi connectivity index (χ0) is 11.7. The van der Waals surface area contributed by atoms with E-state index in [9.17, 15) is 0 Å². The summed E-state index contributed by atoms with van der Waals surface area (Å²) in [6.07, 6.45) is 4.43. The second kappa shape index (κ2) is 4.45. The van der Waals surface area contributed by atoms with Crippen molar-refractivity contribution in [2.24, 2.45) is 5.92 Å². The van der Waals surface area contributed by atoms with Gasteiger partial charge in [0.05, 0.1) is 0 Å². The Bertz CT molecular complexity index is 511. The molecule has 0 unspecified atom stereocenters. The van der Waals surface area contributed by atoms with Crippen LogP contribution in [-0.2, 0) is 6.54 Å². The zero-order valence-corrected chi connectivity index (χ0v) is 10.2. The van der Waals surface area contributed by atoms with Crippen molar-refractivity contribution < 1.29 is 0 Å². The van der Waals surface area contributed by atoms with Crippen molar-refractivity contribution in [3.05, 3.63) is 24.2 Å². The molecular weight excluding hydrogens is 212 g/mol.